The van der Waals surface area contributed by atoms with Gasteiger partial charge in [0.2, 0.25) is 5.76 Å². The fraction of sp³-hybridized carbons (Fsp3) is 0.300. The molecule has 0 aliphatic heterocycles. The third-order valence-corrected chi connectivity index (χ3v) is 5.15. The molecule has 0 fully saturated rings. The van der Waals surface area contributed by atoms with E-state index in [1.165, 1.54) is 17.4 Å². The van der Waals surface area contributed by atoms with Crippen LogP contribution in [-0.2, 0) is 27.2 Å². The van der Waals surface area contributed by atoms with Crippen molar-refractivity contribution >= 4 is 34.2 Å². The standard InChI is InChI=1S/C20H21N3O6S/c1-3-14-10-15(19(25)27-4-2)18(30-14)22-17(24)12-28-20(26)16-7-6-13(29-16)11-23-9-5-8-21-23/h5-10H,3-4,11-12H2,1-2H3,(H,22,24). The maximum atomic E-state index is 12.2. The van der Waals surface area contributed by atoms with E-state index in [0.717, 1.165) is 4.88 Å². The Morgan fingerprint density at radius 2 is 2.03 bits per heavy atom. The van der Waals surface area contributed by atoms with E-state index in [1.54, 1.807) is 42.2 Å². The molecule has 0 atom stereocenters. The predicted molar refractivity (Wildman–Crippen MR) is 109 cm³/mol. The van der Waals surface area contributed by atoms with Crippen LogP contribution in [0.25, 0.3) is 0 Å². The summed E-state index contributed by atoms with van der Waals surface area (Å²) in [6.45, 7) is 3.73. The van der Waals surface area contributed by atoms with Crippen molar-refractivity contribution in [2.45, 2.75) is 26.8 Å². The van der Waals surface area contributed by atoms with E-state index < -0.39 is 24.5 Å². The lowest BCUT2D eigenvalue weighted by Gasteiger charge is -2.06. The highest BCUT2D eigenvalue weighted by Crippen LogP contribution is 2.29. The van der Waals surface area contributed by atoms with Gasteiger partial charge in [-0.25, -0.2) is 9.59 Å². The number of nitrogens with zero attached hydrogens (tertiary/aromatic N) is 2. The molecule has 158 valence electrons. The van der Waals surface area contributed by atoms with E-state index in [0.29, 0.717) is 23.7 Å². The molecule has 0 unspecified atom stereocenters. The molecule has 0 bridgehead atoms. The number of esters is 2. The smallest absolute Gasteiger partial charge is 0.374 e. The number of ether oxygens (including phenoxy) is 2. The predicted octanol–water partition coefficient (Wildman–Crippen LogP) is 3.12. The topological polar surface area (TPSA) is 113 Å². The number of furan rings is 1. The van der Waals surface area contributed by atoms with Crippen molar-refractivity contribution in [1.29, 1.82) is 0 Å². The van der Waals surface area contributed by atoms with E-state index in [4.69, 9.17) is 13.9 Å². The second-order valence-corrected chi connectivity index (χ2v) is 7.26. The fourth-order valence-electron chi connectivity index (χ4n) is 2.56. The number of nitrogens with one attached hydrogen (secondary N) is 1. The lowest BCUT2D eigenvalue weighted by Crippen LogP contribution is -2.21. The van der Waals surface area contributed by atoms with Crippen LogP contribution in [0.4, 0.5) is 5.00 Å². The average molecular weight is 431 g/mol. The molecular weight excluding hydrogens is 410 g/mol. The normalized spacial score (nSPS) is 10.6. The molecule has 0 saturated heterocycles. The molecule has 30 heavy (non-hydrogen) atoms. The number of hydrogen-bond acceptors (Lipinski definition) is 8. The largest absolute Gasteiger partial charge is 0.462 e. The lowest BCUT2D eigenvalue weighted by atomic mass is 10.2. The van der Waals surface area contributed by atoms with E-state index >= 15 is 0 Å². The molecule has 1 N–H and O–H groups in total. The number of thiophene rings is 1. The maximum absolute atomic E-state index is 12.2. The number of anilines is 1. The zero-order valence-corrected chi connectivity index (χ0v) is 17.4. The Morgan fingerprint density at radius 1 is 1.20 bits per heavy atom. The third-order valence-electron chi connectivity index (χ3n) is 3.95. The molecule has 3 heterocycles. The summed E-state index contributed by atoms with van der Waals surface area (Å²) in [4.78, 5) is 37.4. The Balaban J connectivity index is 1.56. The van der Waals surface area contributed by atoms with E-state index in [1.807, 2.05) is 6.92 Å². The number of carbonyl (C=O) groups is 3. The molecule has 3 rings (SSSR count). The SMILES string of the molecule is CCOC(=O)c1cc(CC)sc1NC(=O)COC(=O)c1ccc(Cn2cccn2)o1. The third kappa shape index (κ3) is 5.35. The minimum Gasteiger partial charge on any atom is -0.462 e. The Kier molecular flexibility index (Phi) is 7.02. The van der Waals surface area contributed by atoms with Gasteiger partial charge in [0, 0.05) is 17.3 Å². The zero-order chi connectivity index (χ0) is 21.5. The van der Waals surface area contributed by atoms with Gasteiger partial charge in [0.05, 0.1) is 18.7 Å². The van der Waals surface area contributed by atoms with Gasteiger partial charge in [0.1, 0.15) is 10.8 Å². The fourth-order valence-corrected chi connectivity index (χ4v) is 3.56. The summed E-state index contributed by atoms with van der Waals surface area (Å²) in [5.41, 5.74) is 0.285. The molecule has 3 aromatic heterocycles. The Morgan fingerprint density at radius 3 is 2.73 bits per heavy atom. The van der Waals surface area contributed by atoms with Crippen LogP contribution >= 0.6 is 11.3 Å². The quantitative estimate of drug-likeness (QED) is 0.518. The first-order valence-electron chi connectivity index (χ1n) is 9.33. The number of aromatic nitrogens is 2. The van der Waals surface area contributed by atoms with Crippen molar-refractivity contribution in [3.8, 4) is 0 Å². The van der Waals surface area contributed by atoms with Gasteiger partial charge in [-0.1, -0.05) is 6.92 Å². The molecule has 9 nitrogen and oxygen atoms in total. The van der Waals surface area contributed by atoms with Gasteiger partial charge in [0.15, 0.2) is 6.61 Å². The summed E-state index contributed by atoms with van der Waals surface area (Å²) in [7, 11) is 0. The van der Waals surface area contributed by atoms with Crippen LogP contribution in [0.15, 0.2) is 41.1 Å². The molecule has 3 aromatic rings. The van der Waals surface area contributed by atoms with Crippen LogP contribution in [-0.4, -0.2) is 40.8 Å². The van der Waals surface area contributed by atoms with E-state index in [9.17, 15) is 14.4 Å². The van der Waals surface area contributed by atoms with Gasteiger partial charge in [-0.3, -0.25) is 9.48 Å². The highest BCUT2D eigenvalue weighted by atomic mass is 32.1. The minimum absolute atomic E-state index is 0.0124. The Hall–Kier alpha value is -3.40. The number of rotatable bonds is 9. The van der Waals surface area contributed by atoms with Gasteiger partial charge >= 0.3 is 11.9 Å². The van der Waals surface area contributed by atoms with Crippen LogP contribution in [0.5, 0.6) is 0 Å². The van der Waals surface area contributed by atoms with Crippen molar-refractivity contribution in [2.75, 3.05) is 18.5 Å². The molecule has 10 heteroatoms. The van der Waals surface area contributed by atoms with E-state index in [-0.39, 0.29) is 17.9 Å². The minimum atomic E-state index is -0.761. The molecule has 0 aliphatic carbocycles. The summed E-state index contributed by atoms with van der Waals surface area (Å²) < 4.78 is 17.1. The van der Waals surface area contributed by atoms with Crippen molar-refractivity contribution in [3.63, 3.8) is 0 Å². The van der Waals surface area contributed by atoms with Gasteiger partial charge < -0.3 is 19.2 Å². The van der Waals surface area contributed by atoms with Gasteiger partial charge in [-0.2, -0.15) is 5.10 Å². The van der Waals surface area contributed by atoms with Gasteiger partial charge in [-0.15, -0.1) is 11.3 Å². The summed E-state index contributed by atoms with van der Waals surface area (Å²) in [6.07, 6.45) is 4.12. The molecule has 0 aliphatic rings. The van der Waals surface area contributed by atoms with Crippen molar-refractivity contribution in [2.24, 2.45) is 0 Å². The average Bonchev–Trinajstić information content (AvgIpc) is 3.48. The van der Waals surface area contributed by atoms with Crippen molar-refractivity contribution in [3.05, 3.63) is 58.6 Å². The maximum Gasteiger partial charge on any atom is 0.374 e. The molecule has 0 saturated carbocycles. The zero-order valence-electron chi connectivity index (χ0n) is 16.5. The molecule has 0 spiro atoms. The highest BCUT2D eigenvalue weighted by molar-refractivity contribution is 7.16. The lowest BCUT2D eigenvalue weighted by molar-refractivity contribution is -0.119. The Labute approximate surface area is 176 Å². The molecular formula is C20H21N3O6S. The molecule has 0 radical (unpaired) electrons. The first-order chi connectivity index (χ1) is 14.5. The van der Waals surface area contributed by atoms with Crippen molar-refractivity contribution in [1.82, 2.24) is 9.78 Å². The number of amides is 1. The van der Waals surface area contributed by atoms with Crippen LogP contribution in [0.2, 0.25) is 0 Å². The molecule has 1 amide bonds. The van der Waals surface area contributed by atoms with Crippen LogP contribution < -0.4 is 5.32 Å². The number of aryl methyl sites for hydroxylation is 1. The second-order valence-electron chi connectivity index (χ2n) is 6.12. The van der Waals surface area contributed by atoms with Crippen LogP contribution in [0.3, 0.4) is 0 Å². The van der Waals surface area contributed by atoms with Gasteiger partial charge in [0.25, 0.3) is 5.91 Å². The number of carbonyl (C=O) groups excluding carboxylic acids is 3. The van der Waals surface area contributed by atoms with E-state index in [2.05, 4.69) is 10.4 Å². The first-order valence-corrected chi connectivity index (χ1v) is 10.1. The summed E-state index contributed by atoms with van der Waals surface area (Å²) in [5, 5.41) is 7.03. The highest BCUT2D eigenvalue weighted by Gasteiger charge is 2.20. The molecule has 0 aromatic carbocycles. The summed E-state index contributed by atoms with van der Waals surface area (Å²) >= 11 is 1.28. The van der Waals surface area contributed by atoms with Crippen LogP contribution in [0, 0.1) is 0 Å². The Bertz CT molecular complexity index is 1020. The summed E-state index contributed by atoms with van der Waals surface area (Å²) in [5.74, 6) is -1.33. The number of hydrogen-bond donors (Lipinski definition) is 1. The second kappa shape index (κ2) is 9.88. The summed E-state index contributed by atoms with van der Waals surface area (Å²) in [6, 6.07) is 6.59. The van der Waals surface area contributed by atoms with Gasteiger partial charge in [-0.05, 0) is 37.6 Å². The van der Waals surface area contributed by atoms with Crippen LogP contribution in [0.1, 0.15) is 45.4 Å². The first kappa shape index (κ1) is 21.3. The van der Waals surface area contributed by atoms with Crippen molar-refractivity contribution < 1.29 is 28.3 Å². The monoisotopic (exact) mass is 431 g/mol.